The Kier molecular flexibility index (Phi) is 5.11. The molecule has 1 atom stereocenters. The van der Waals surface area contributed by atoms with Crippen molar-refractivity contribution in [1.29, 1.82) is 0 Å². The van der Waals surface area contributed by atoms with Gasteiger partial charge in [0.1, 0.15) is 0 Å². The number of fused-ring (bicyclic) bond motifs is 1. The molecule has 1 saturated heterocycles. The first kappa shape index (κ1) is 16.2. The van der Waals surface area contributed by atoms with E-state index in [0.717, 1.165) is 68.1 Å². The smallest absolute Gasteiger partial charge is 0.274 e. The summed E-state index contributed by atoms with van der Waals surface area (Å²) in [5.41, 5.74) is 1.16. The Bertz CT molecular complexity index is 722. The number of benzene rings is 1. The van der Waals surface area contributed by atoms with E-state index in [9.17, 15) is 4.79 Å². The van der Waals surface area contributed by atoms with Crippen LogP contribution in [0.3, 0.4) is 0 Å². The van der Waals surface area contributed by atoms with E-state index in [0.29, 0.717) is 0 Å². The van der Waals surface area contributed by atoms with Crippen molar-refractivity contribution in [3.05, 3.63) is 40.3 Å². The molecule has 23 heavy (non-hydrogen) atoms. The number of aryl methyl sites for hydroxylation is 1. The molecule has 2 aromatic rings. The van der Waals surface area contributed by atoms with Gasteiger partial charge in [-0.15, -0.1) is 0 Å². The summed E-state index contributed by atoms with van der Waals surface area (Å²) in [6.07, 6.45) is 6.39. The minimum absolute atomic E-state index is 0.0791. The van der Waals surface area contributed by atoms with Crippen molar-refractivity contribution in [2.75, 3.05) is 20.1 Å². The van der Waals surface area contributed by atoms with Gasteiger partial charge in [0.2, 0.25) is 0 Å². The Morgan fingerprint density at radius 1 is 1.17 bits per heavy atom. The predicted octanol–water partition coefficient (Wildman–Crippen LogP) is 3.40. The molecule has 1 aromatic heterocycles. The van der Waals surface area contributed by atoms with Gasteiger partial charge in [-0.05, 0) is 58.3 Å². The van der Waals surface area contributed by atoms with Crippen molar-refractivity contribution in [2.45, 2.75) is 51.5 Å². The number of nitrogens with zero attached hydrogens (tertiary/aromatic N) is 3. The van der Waals surface area contributed by atoms with E-state index >= 15 is 0 Å². The maximum absolute atomic E-state index is 12.9. The summed E-state index contributed by atoms with van der Waals surface area (Å²) in [4.78, 5) is 15.3. The fourth-order valence-corrected chi connectivity index (χ4v) is 3.52. The van der Waals surface area contributed by atoms with Crippen molar-refractivity contribution >= 4 is 10.8 Å². The molecule has 0 N–H and O–H groups in total. The molecule has 0 bridgehead atoms. The highest BCUT2D eigenvalue weighted by Gasteiger charge is 2.20. The molecule has 0 amide bonds. The highest BCUT2D eigenvalue weighted by molar-refractivity contribution is 5.83. The lowest BCUT2D eigenvalue weighted by Crippen LogP contribution is -2.29. The summed E-state index contributed by atoms with van der Waals surface area (Å²) in [5, 5.41) is 6.67. The zero-order chi connectivity index (χ0) is 16.2. The van der Waals surface area contributed by atoms with Crippen LogP contribution in [-0.4, -0.2) is 34.8 Å². The van der Waals surface area contributed by atoms with E-state index in [1.807, 2.05) is 24.3 Å². The molecule has 3 rings (SSSR count). The summed E-state index contributed by atoms with van der Waals surface area (Å²) in [6.45, 7) is 4.34. The Labute approximate surface area is 138 Å². The quantitative estimate of drug-likeness (QED) is 0.868. The number of rotatable bonds is 4. The monoisotopic (exact) mass is 313 g/mol. The zero-order valence-electron chi connectivity index (χ0n) is 14.3. The Morgan fingerprint density at radius 2 is 1.96 bits per heavy atom. The third-order valence-electron chi connectivity index (χ3n) is 4.94. The number of likely N-dealkylation sites (tertiary alicyclic amines) is 1. The predicted molar refractivity (Wildman–Crippen MR) is 95.0 cm³/mol. The lowest BCUT2D eigenvalue weighted by Gasteiger charge is -2.19. The van der Waals surface area contributed by atoms with Gasteiger partial charge in [-0.3, -0.25) is 4.79 Å². The summed E-state index contributed by atoms with van der Waals surface area (Å²) < 4.78 is 1.80. The van der Waals surface area contributed by atoms with E-state index in [4.69, 9.17) is 5.10 Å². The largest absolute Gasteiger partial charge is 0.306 e. The highest BCUT2D eigenvalue weighted by atomic mass is 16.1. The van der Waals surface area contributed by atoms with Crippen LogP contribution in [0.2, 0.25) is 0 Å². The average molecular weight is 313 g/mol. The SMILES string of the molecule is CCCCc1nn(C2CCCN(C)CC2)c(=O)c2ccccc12. The van der Waals surface area contributed by atoms with Crippen molar-refractivity contribution < 1.29 is 0 Å². The molecule has 4 nitrogen and oxygen atoms in total. The van der Waals surface area contributed by atoms with Gasteiger partial charge in [-0.2, -0.15) is 5.10 Å². The van der Waals surface area contributed by atoms with Crippen molar-refractivity contribution in [3.8, 4) is 0 Å². The number of hydrogen-bond donors (Lipinski definition) is 0. The molecule has 0 saturated carbocycles. The maximum Gasteiger partial charge on any atom is 0.274 e. The average Bonchev–Trinajstić information content (AvgIpc) is 2.79. The lowest BCUT2D eigenvalue weighted by atomic mass is 10.1. The summed E-state index contributed by atoms with van der Waals surface area (Å²) >= 11 is 0. The van der Waals surface area contributed by atoms with Crippen LogP contribution in [0.1, 0.15) is 50.8 Å². The molecule has 1 aliphatic heterocycles. The van der Waals surface area contributed by atoms with Crippen LogP contribution in [0.25, 0.3) is 10.8 Å². The Balaban J connectivity index is 2.05. The van der Waals surface area contributed by atoms with Crippen molar-refractivity contribution in [3.63, 3.8) is 0 Å². The van der Waals surface area contributed by atoms with Gasteiger partial charge in [-0.1, -0.05) is 31.5 Å². The van der Waals surface area contributed by atoms with E-state index in [2.05, 4.69) is 18.9 Å². The fourth-order valence-electron chi connectivity index (χ4n) is 3.52. The Hall–Kier alpha value is -1.68. The summed E-state index contributed by atoms with van der Waals surface area (Å²) in [6, 6.07) is 8.19. The second kappa shape index (κ2) is 7.26. The lowest BCUT2D eigenvalue weighted by molar-refractivity contribution is 0.333. The standard InChI is InChI=1S/C19H27N3O/c1-3-4-11-18-16-9-5-6-10-17(16)19(23)22(20-18)15-8-7-13-21(2)14-12-15/h5-6,9-10,15H,3-4,7-8,11-14H2,1-2H3. The van der Waals surface area contributed by atoms with Gasteiger partial charge in [0.15, 0.2) is 0 Å². The first-order valence-electron chi connectivity index (χ1n) is 8.89. The van der Waals surface area contributed by atoms with Crippen LogP contribution in [-0.2, 0) is 6.42 Å². The van der Waals surface area contributed by atoms with Crippen LogP contribution in [0, 0.1) is 0 Å². The molecular formula is C19H27N3O. The highest BCUT2D eigenvalue weighted by Crippen LogP contribution is 2.22. The Morgan fingerprint density at radius 3 is 2.74 bits per heavy atom. The van der Waals surface area contributed by atoms with Crippen LogP contribution in [0.5, 0.6) is 0 Å². The van der Waals surface area contributed by atoms with Gasteiger partial charge in [-0.25, -0.2) is 4.68 Å². The molecule has 4 heteroatoms. The second-order valence-electron chi connectivity index (χ2n) is 6.73. The van der Waals surface area contributed by atoms with Gasteiger partial charge in [0, 0.05) is 5.39 Å². The van der Waals surface area contributed by atoms with Crippen molar-refractivity contribution in [2.24, 2.45) is 0 Å². The van der Waals surface area contributed by atoms with E-state index < -0.39 is 0 Å². The molecule has 0 spiro atoms. The molecule has 1 aromatic carbocycles. The molecule has 1 aliphatic rings. The van der Waals surface area contributed by atoms with E-state index in [1.165, 1.54) is 0 Å². The van der Waals surface area contributed by atoms with Crippen molar-refractivity contribution in [1.82, 2.24) is 14.7 Å². The normalized spacial score (nSPS) is 19.8. The third kappa shape index (κ3) is 3.47. The van der Waals surface area contributed by atoms with E-state index in [-0.39, 0.29) is 11.6 Å². The maximum atomic E-state index is 12.9. The molecule has 0 aliphatic carbocycles. The van der Waals surface area contributed by atoms with Gasteiger partial charge >= 0.3 is 0 Å². The molecular weight excluding hydrogens is 286 g/mol. The van der Waals surface area contributed by atoms with Gasteiger partial charge in [0.05, 0.1) is 17.1 Å². The minimum atomic E-state index is 0.0791. The molecule has 0 radical (unpaired) electrons. The first-order valence-corrected chi connectivity index (χ1v) is 8.89. The number of unbranched alkanes of at least 4 members (excludes halogenated alkanes) is 1. The fraction of sp³-hybridized carbons (Fsp3) is 0.579. The topological polar surface area (TPSA) is 38.1 Å². The zero-order valence-corrected chi connectivity index (χ0v) is 14.3. The number of hydrogen-bond acceptors (Lipinski definition) is 3. The molecule has 1 fully saturated rings. The van der Waals surface area contributed by atoms with Gasteiger partial charge in [0.25, 0.3) is 5.56 Å². The summed E-state index contributed by atoms with van der Waals surface area (Å²) in [5.74, 6) is 0. The third-order valence-corrected chi connectivity index (χ3v) is 4.94. The second-order valence-corrected chi connectivity index (χ2v) is 6.73. The van der Waals surface area contributed by atoms with Crippen LogP contribution >= 0.6 is 0 Å². The minimum Gasteiger partial charge on any atom is -0.306 e. The van der Waals surface area contributed by atoms with E-state index in [1.54, 1.807) is 4.68 Å². The summed E-state index contributed by atoms with van der Waals surface area (Å²) in [7, 11) is 2.16. The first-order chi connectivity index (χ1) is 11.2. The molecule has 2 heterocycles. The molecule has 124 valence electrons. The molecule has 1 unspecified atom stereocenters. The van der Waals surface area contributed by atoms with Crippen LogP contribution in [0.4, 0.5) is 0 Å². The van der Waals surface area contributed by atoms with Crippen LogP contribution in [0.15, 0.2) is 29.1 Å². The van der Waals surface area contributed by atoms with Crippen LogP contribution < -0.4 is 5.56 Å². The number of aromatic nitrogens is 2. The van der Waals surface area contributed by atoms with Gasteiger partial charge < -0.3 is 4.90 Å².